The molecule has 9 nitrogen and oxygen atoms in total. The number of amides is 2. The molecule has 0 fully saturated rings. The molecular weight excluding hydrogens is 627 g/mol. The largest absolute Gasteiger partial charge is 0.493 e. The summed E-state index contributed by atoms with van der Waals surface area (Å²) in [7, 11) is -1.42. The lowest BCUT2D eigenvalue weighted by Gasteiger charge is -2.34. The second-order valence-electron chi connectivity index (χ2n) is 12.2. The zero-order valence-corrected chi connectivity index (χ0v) is 29.3. The summed E-state index contributed by atoms with van der Waals surface area (Å²) in [5.74, 6) is -0.0367. The molecule has 0 spiro atoms. The molecule has 0 unspecified atom stereocenters. The Balaban J connectivity index is 1.82. The van der Waals surface area contributed by atoms with Gasteiger partial charge in [-0.3, -0.25) is 13.9 Å². The van der Waals surface area contributed by atoms with Crippen LogP contribution in [0.4, 0.5) is 5.69 Å². The van der Waals surface area contributed by atoms with Gasteiger partial charge < -0.3 is 19.7 Å². The van der Waals surface area contributed by atoms with Gasteiger partial charge >= 0.3 is 0 Å². The second-order valence-corrected chi connectivity index (χ2v) is 14.1. The van der Waals surface area contributed by atoms with E-state index in [1.165, 1.54) is 37.3 Å². The molecule has 48 heavy (non-hydrogen) atoms. The summed E-state index contributed by atoms with van der Waals surface area (Å²) in [6.45, 7) is 7.84. The molecule has 10 heteroatoms. The van der Waals surface area contributed by atoms with Crippen molar-refractivity contribution in [3.63, 3.8) is 0 Å². The van der Waals surface area contributed by atoms with Crippen LogP contribution < -0.4 is 19.1 Å². The summed E-state index contributed by atoms with van der Waals surface area (Å²) >= 11 is 0. The van der Waals surface area contributed by atoms with Crippen molar-refractivity contribution in [2.45, 2.75) is 51.6 Å². The minimum absolute atomic E-state index is 0.0747. The molecule has 1 N–H and O–H groups in total. The third-order valence-electron chi connectivity index (χ3n) is 7.93. The standard InChI is InChI=1S/C38H45N3O6S/c1-27(2)24-39-38(43)34(22-30-12-8-7-9-13-30)40(25-31-14-10-11-29(4)21-31)37(42)26-41(32-17-15-28(3)16-18-32)48(44,45)33-19-20-35(46-5)36(23-33)47-6/h7-21,23,27,34H,22,24-26H2,1-6H3,(H,39,43)/t34-/m1/s1. The minimum atomic E-state index is -4.31. The molecule has 0 aliphatic carbocycles. The fourth-order valence-electron chi connectivity index (χ4n) is 5.33. The summed E-state index contributed by atoms with van der Waals surface area (Å²) in [5.41, 5.74) is 3.93. The highest BCUT2D eigenvalue weighted by molar-refractivity contribution is 7.92. The van der Waals surface area contributed by atoms with E-state index in [0.717, 1.165) is 26.6 Å². The molecule has 2 amide bonds. The van der Waals surface area contributed by atoms with E-state index in [9.17, 15) is 18.0 Å². The summed E-state index contributed by atoms with van der Waals surface area (Å²) in [5, 5.41) is 3.02. The normalized spacial score (nSPS) is 11.9. The number of nitrogens with zero attached hydrogens (tertiary/aromatic N) is 2. The van der Waals surface area contributed by atoms with Crippen molar-refractivity contribution in [3.8, 4) is 11.5 Å². The number of aryl methyl sites for hydroxylation is 2. The second kappa shape index (κ2) is 16.3. The number of benzene rings is 4. The minimum Gasteiger partial charge on any atom is -0.493 e. The Morgan fingerprint density at radius 3 is 2.06 bits per heavy atom. The van der Waals surface area contributed by atoms with Gasteiger partial charge in [0.1, 0.15) is 12.6 Å². The van der Waals surface area contributed by atoms with Crippen LogP contribution in [0, 0.1) is 19.8 Å². The van der Waals surface area contributed by atoms with Crippen molar-refractivity contribution >= 4 is 27.5 Å². The number of carbonyl (C=O) groups excluding carboxylic acids is 2. The van der Waals surface area contributed by atoms with Crippen molar-refractivity contribution in [2.75, 3.05) is 31.6 Å². The van der Waals surface area contributed by atoms with Crippen LogP contribution in [0.5, 0.6) is 11.5 Å². The maximum atomic E-state index is 14.7. The fraction of sp³-hybridized carbons (Fsp3) is 0.316. The number of sulfonamides is 1. The van der Waals surface area contributed by atoms with Crippen LogP contribution >= 0.6 is 0 Å². The Kier molecular flexibility index (Phi) is 12.2. The summed E-state index contributed by atoms with van der Waals surface area (Å²) < 4.78 is 40.6. The molecule has 254 valence electrons. The van der Waals surface area contributed by atoms with Crippen LogP contribution in [-0.4, -0.2) is 58.5 Å². The Morgan fingerprint density at radius 2 is 1.44 bits per heavy atom. The highest BCUT2D eigenvalue weighted by Gasteiger charge is 2.35. The van der Waals surface area contributed by atoms with Crippen LogP contribution in [0.3, 0.4) is 0 Å². The highest BCUT2D eigenvalue weighted by Crippen LogP contribution is 2.32. The van der Waals surface area contributed by atoms with Crippen LogP contribution in [0.1, 0.15) is 36.1 Å². The van der Waals surface area contributed by atoms with E-state index in [1.54, 1.807) is 24.3 Å². The number of carbonyl (C=O) groups is 2. The number of anilines is 1. The van der Waals surface area contributed by atoms with E-state index < -0.39 is 28.5 Å². The lowest BCUT2D eigenvalue weighted by Crippen LogP contribution is -2.53. The number of ether oxygens (including phenoxy) is 2. The molecule has 0 aromatic heterocycles. The lowest BCUT2D eigenvalue weighted by atomic mass is 10.0. The molecule has 0 aliphatic rings. The van der Waals surface area contributed by atoms with E-state index in [4.69, 9.17) is 9.47 Å². The Bertz CT molecular complexity index is 1790. The van der Waals surface area contributed by atoms with Gasteiger partial charge in [-0.05, 0) is 55.2 Å². The first-order valence-corrected chi connectivity index (χ1v) is 17.3. The maximum absolute atomic E-state index is 14.7. The van der Waals surface area contributed by atoms with Gasteiger partial charge in [0.05, 0.1) is 24.8 Å². The van der Waals surface area contributed by atoms with Crippen LogP contribution in [0.15, 0.2) is 102 Å². The quantitative estimate of drug-likeness (QED) is 0.168. The smallest absolute Gasteiger partial charge is 0.264 e. The van der Waals surface area contributed by atoms with E-state index in [2.05, 4.69) is 5.32 Å². The average Bonchev–Trinajstić information content (AvgIpc) is 3.08. The van der Waals surface area contributed by atoms with Crippen molar-refractivity contribution in [2.24, 2.45) is 5.92 Å². The Morgan fingerprint density at radius 1 is 0.771 bits per heavy atom. The maximum Gasteiger partial charge on any atom is 0.264 e. The summed E-state index contributed by atoms with van der Waals surface area (Å²) in [4.78, 5) is 30.0. The number of hydrogen-bond acceptors (Lipinski definition) is 6. The third kappa shape index (κ3) is 9.16. The first-order chi connectivity index (χ1) is 22.9. The molecular formula is C38H45N3O6S. The first kappa shape index (κ1) is 36.0. The van der Waals surface area contributed by atoms with E-state index in [-0.39, 0.29) is 35.4 Å². The van der Waals surface area contributed by atoms with Gasteiger partial charge in [-0.15, -0.1) is 0 Å². The number of nitrogens with one attached hydrogen (secondary N) is 1. The zero-order valence-electron chi connectivity index (χ0n) is 28.5. The van der Waals surface area contributed by atoms with Crippen molar-refractivity contribution < 1.29 is 27.5 Å². The summed E-state index contributed by atoms with van der Waals surface area (Å²) in [6, 6.07) is 27.5. The molecule has 0 saturated heterocycles. The lowest BCUT2D eigenvalue weighted by molar-refractivity contribution is -0.140. The van der Waals surface area contributed by atoms with E-state index in [0.29, 0.717) is 18.0 Å². The van der Waals surface area contributed by atoms with E-state index in [1.807, 2.05) is 82.3 Å². The monoisotopic (exact) mass is 671 g/mol. The van der Waals surface area contributed by atoms with Gasteiger partial charge in [-0.1, -0.05) is 91.7 Å². The van der Waals surface area contributed by atoms with Crippen molar-refractivity contribution in [1.82, 2.24) is 10.2 Å². The molecule has 0 aliphatic heterocycles. The molecule has 4 aromatic rings. The Hall–Kier alpha value is -4.83. The van der Waals surface area contributed by atoms with E-state index >= 15 is 0 Å². The SMILES string of the molecule is COc1ccc(S(=O)(=O)N(CC(=O)N(Cc2cccc(C)c2)[C@H](Cc2ccccc2)C(=O)NCC(C)C)c2ccc(C)cc2)cc1OC. The predicted octanol–water partition coefficient (Wildman–Crippen LogP) is 5.93. The Labute approximate surface area is 284 Å². The number of rotatable bonds is 15. The molecule has 0 radical (unpaired) electrons. The van der Waals surface area contributed by atoms with Gasteiger partial charge in [-0.25, -0.2) is 8.42 Å². The van der Waals surface area contributed by atoms with Crippen molar-refractivity contribution in [3.05, 3.63) is 119 Å². The first-order valence-electron chi connectivity index (χ1n) is 15.9. The average molecular weight is 672 g/mol. The van der Waals surface area contributed by atoms with Crippen LogP contribution in [0.25, 0.3) is 0 Å². The van der Waals surface area contributed by atoms with Crippen LogP contribution in [0.2, 0.25) is 0 Å². The zero-order chi connectivity index (χ0) is 34.8. The van der Waals surface area contributed by atoms with Gasteiger partial charge in [0.25, 0.3) is 10.0 Å². The molecule has 1 atom stereocenters. The van der Waals surface area contributed by atoms with Gasteiger partial charge in [0, 0.05) is 25.6 Å². The molecule has 0 bridgehead atoms. The number of methoxy groups -OCH3 is 2. The van der Waals surface area contributed by atoms with Gasteiger partial charge in [-0.2, -0.15) is 0 Å². The molecule has 4 aromatic carbocycles. The highest BCUT2D eigenvalue weighted by atomic mass is 32.2. The van der Waals surface area contributed by atoms with Gasteiger partial charge in [0.15, 0.2) is 11.5 Å². The molecule has 0 heterocycles. The van der Waals surface area contributed by atoms with Crippen molar-refractivity contribution in [1.29, 1.82) is 0 Å². The van der Waals surface area contributed by atoms with Gasteiger partial charge in [0.2, 0.25) is 11.8 Å². The fourth-order valence-corrected chi connectivity index (χ4v) is 6.76. The third-order valence-corrected chi connectivity index (χ3v) is 9.70. The van der Waals surface area contributed by atoms with Crippen LogP contribution in [-0.2, 0) is 32.6 Å². The summed E-state index contributed by atoms with van der Waals surface area (Å²) in [6.07, 6.45) is 0.245. The topological polar surface area (TPSA) is 105 Å². The molecule has 0 saturated carbocycles. The predicted molar refractivity (Wildman–Crippen MR) is 189 cm³/mol. The number of hydrogen-bond donors (Lipinski definition) is 1. The molecule has 4 rings (SSSR count).